The molecular weight excluding hydrogens is 190 g/mol. The van der Waals surface area contributed by atoms with E-state index in [1.165, 1.54) is 6.42 Å². The Kier molecular flexibility index (Phi) is 4.64. The molecule has 1 saturated carbocycles. The molecule has 0 heterocycles. The van der Waals surface area contributed by atoms with Crippen molar-refractivity contribution in [2.75, 3.05) is 6.54 Å². The first-order chi connectivity index (χ1) is 7.15. The van der Waals surface area contributed by atoms with Gasteiger partial charge in [0.2, 0.25) is 0 Å². The molecule has 3 nitrogen and oxygen atoms in total. The minimum atomic E-state index is -0.774. The summed E-state index contributed by atoms with van der Waals surface area (Å²) in [4.78, 5) is 11.1. The highest BCUT2D eigenvalue weighted by molar-refractivity contribution is 5.73. The molecule has 15 heavy (non-hydrogen) atoms. The van der Waals surface area contributed by atoms with Gasteiger partial charge in [-0.05, 0) is 24.7 Å². The molecule has 0 radical (unpaired) electrons. The van der Waals surface area contributed by atoms with E-state index in [2.05, 4.69) is 18.2 Å². The van der Waals surface area contributed by atoms with Gasteiger partial charge in [0.25, 0.3) is 0 Å². The van der Waals surface area contributed by atoms with E-state index < -0.39 is 12.0 Å². The molecule has 3 atom stereocenters. The van der Waals surface area contributed by atoms with Crippen LogP contribution in [0.15, 0.2) is 0 Å². The molecule has 0 spiro atoms. The average Bonchev–Trinajstić information content (AvgIpc) is 2.18. The number of hydrogen-bond donors (Lipinski definition) is 2. The van der Waals surface area contributed by atoms with Crippen molar-refractivity contribution < 1.29 is 9.90 Å². The Morgan fingerprint density at radius 2 is 2.40 bits per heavy atom. The van der Waals surface area contributed by atoms with Crippen molar-refractivity contribution in [2.45, 2.75) is 38.6 Å². The molecule has 0 aliphatic heterocycles. The minimum Gasteiger partial charge on any atom is -0.480 e. The molecule has 0 aromatic carbocycles. The third kappa shape index (κ3) is 3.56. The Hall–Kier alpha value is -1.01. The molecule has 0 aromatic rings. The monoisotopic (exact) mass is 209 g/mol. The second-order valence-corrected chi connectivity index (χ2v) is 4.43. The lowest BCUT2D eigenvalue weighted by atomic mass is 9.78. The quantitative estimate of drug-likeness (QED) is 0.690. The molecular formula is C12H19NO2. The minimum absolute atomic E-state index is 0.236. The molecule has 0 amide bonds. The number of aliphatic carboxylic acids is 1. The van der Waals surface area contributed by atoms with E-state index in [1.807, 2.05) is 0 Å². The summed E-state index contributed by atoms with van der Waals surface area (Å²) < 4.78 is 0. The first-order valence-corrected chi connectivity index (χ1v) is 5.54. The van der Waals surface area contributed by atoms with Crippen LogP contribution in [0.5, 0.6) is 0 Å². The molecule has 1 aliphatic rings. The van der Waals surface area contributed by atoms with Crippen LogP contribution in [0.4, 0.5) is 0 Å². The fraction of sp³-hybridized carbons (Fsp3) is 0.750. The smallest absolute Gasteiger partial charge is 0.321 e. The lowest BCUT2D eigenvalue weighted by Crippen LogP contribution is -2.44. The fourth-order valence-corrected chi connectivity index (χ4v) is 2.41. The maximum Gasteiger partial charge on any atom is 0.321 e. The summed E-state index contributed by atoms with van der Waals surface area (Å²) in [6, 6.07) is -0.469. The van der Waals surface area contributed by atoms with Crippen LogP contribution in [-0.4, -0.2) is 23.7 Å². The maximum atomic E-state index is 11.1. The Bertz CT molecular complexity index is 257. The summed E-state index contributed by atoms with van der Waals surface area (Å²) in [7, 11) is 0. The first kappa shape index (κ1) is 12.1. The Morgan fingerprint density at radius 3 is 2.93 bits per heavy atom. The van der Waals surface area contributed by atoms with E-state index >= 15 is 0 Å². The molecule has 84 valence electrons. The van der Waals surface area contributed by atoms with Gasteiger partial charge in [0.1, 0.15) is 6.04 Å². The normalized spacial score (nSPS) is 28.0. The first-order valence-electron chi connectivity index (χ1n) is 5.54. The van der Waals surface area contributed by atoms with Gasteiger partial charge in [0.15, 0.2) is 0 Å². The van der Waals surface area contributed by atoms with Crippen LogP contribution in [0, 0.1) is 24.2 Å². The molecule has 3 heteroatoms. The van der Waals surface area contributed by atoms with Crippen LogP contribution in [0.3, 0.4) is 0 Å². The molecule has 3 unspecified atom stereocenters. The lowest BCUT2D eigenvalue weighted by Gasteiger charge is -2.31. The summed E-state index contributed by atoms with van der Waals surface area (Å²) >= 11 is 0. The van der Waals surface area contributed by atoms with Gasteiger partial charge in [0, 0.05) is 0 Å². The number of terminal acetylenes is 1. The van der Waals surface area contributed by atoms with E-state index in [1.54, 1.807) is 0 Å². The lowest BCUT2D eigenvalue weighted by molar-refractivity contribution is -0.141. The van der Waals surface area contributed by atoms with Crippen LogP contribution < -0.4 is 5.32 Å². The predicted molar refractivity (Wildman–Crippen MR) is 59.4 cm³/mol. The van der Waals surface area contributed by atoms with Gasteiger partial charge in [-0.3, -0.25) is 10.1 Å². The summed E-state index contributed by atoms with van der Waals surface area (Å²) in [6.45, 7) is 2.52. The van der Waals surface area contributed by atoms with Crippen LogP contribution in [0.25, 0.3) is 0 Å². The number of nitrogens with one attached hydrogen (secondary N) is 1. The average molecular weight is 209 g/mol. The zero-order valence-corrected chi connectivity index (χ0v) is 9.20. The van der Waals surface area contributed by atoms with Crippen molar-refractivity contribution in [3.8, 4) is 12.3 Å². The SMILES string of the molecule is C#CCNC(C(=O)O)C1CCCC(C)C1. The van der Waals surface area contributed by atoms with E-state index in [-0.39, 0.29) is 5.92 Å². The van der Waals surface area contributed by atoms with Gasteiger partial charge in [-0.25, -0.2) is 0 Å². The molecule has 0 bridgehead atoms. The van der Waals surface area contributed by atoms with Gasteiger partial charge < -0.3 is 5.11 Å². The van der Waals surface area contributed by atoms with Gasteiger partial charge in [-0.1, -0.05) is 25.7 Å². The summed E-state index contributed by atoms with van der Waals surface area (Å²) in [6.07, 6.45) is 9.47. The topological polar surface area (TPSA) is 49.3 Å². The molecule has 1 fully saturated rings. The van der Waals surface area contributed by atoms with Crippen molar-refractivity contribution in [2.24, 2.45) is 11.8 Å². The third-order valence-corrected chi connectivity index (χ3v) is 3.14. The third-order valence-electron chi connectivity index (χ3n) is 3.14. The molecule has 0 aromatic heterocycles. The van der Waals surface area contributed by atoms with Crippen molar-refractivity contribution in [3.05, 3.63) is 0 Å². The van der Waals surface area contributed by atoms with Crippen LogP contribution in [-0.2, 0) is 4.79 Å². The number of carboxylic acids is 1. The van der Waals surface area contributed by atoms with Gasteiger partial charge >= 0.3 is 5.97 Å². The van der Waals surface area contributed by atoms with Crippen molar-refractivity contribution in [1.29, 1.82) is 0 Å². The van der Waals surface area contributed by atoms with Gasteiger partial charge in [-0.15, -0.1) is 6.42 Å². The van der Waals surface area contributed by atoms with Crippen molar-refractivity contribution in [3.63, 3.8) is 0 Å². The van der Waals surface area contributed by atoms with Crippen LogP contribution in [0.1, 0.15) is 32.6 Å². The Morgan fingerprint density at radius 1 is 1.67 bits per heavy atom. The summed E-state index contributed by atoms with van der Waals surface area (Å²) in [5.74, 6) is 2.53. The Labute approximate surface area is 91.3 Å². The highest BCUT2D eigenvalue weighted by atomic mass is 16.4. The maximum absolute atomic E-state index is 11.1. The van der Waals surface area contributed by atoms with Crippen molar-refractivity contribution in [1.82, 2.24) is 5.32 Å². The zero-order valence-electron chi connectivity index (χ0n) is 9.20. The largest absolute Gasteiger partial charge is 0.480 e. The van der Waals surface area contributed by atoms with Gasteiger partial charge in [-0.2, -0.15) is 0 Å². The zero-order chi connectivity index (χ0) is 11.3. The predicted octanol–water partition coefficient (Wildman–Crippen LogP) is 1.49. The highest BCUT2D eigenvalue weighted by Crippen LogP contribution is 2.30. The second-order valence-electron chi connectivity index (χ2n) is 4.43. The molecule has 1 aliphatic carbocycles. The van der Waals surface area contributed by atoms with E-state index in [4.69, 9.17) is 11.5 Å². The second kappa shape index (κ2) is 5.77. The number of rotatable bonds is 4. The number of hydrogen-bond acceptors (Lipinski definition) is 2. The van der Waals surface area contributed by atoms with Crippen LogP contribution >= 0.6 is 0 Å². The van der Waals surface area contributed by atoms with E-state index in [9.17, 15) is 4.79 Å². The molecule has 0 saturated heterocycles. The van der Waals surface area contributed by atoms with Crippen molar-refractivity contribution >= 4 is 5.97 Å². The summed E-state index contributed by atoms with van der Waals surface area (Å²) in [5, 5.41) is 12.0. The van der Waals surface area contributed by atoms with E-state index in [0.29, 0.717) is 12.5 Å². The number of carboxylic acid groups (broad SMARTS) is 1. The molecule has 1 rings (SSSR count). The molecule has 2 N–H and O–H groups in total. The van der Waals surface area contributed by atoms with Gasteiger partial charge in [0.05, 0.1) is 6.54 Å². The Balaban J connectivity index is 2.54. The van der Waals surface area contributed by atoms with E-state index in [0.717, 1.165) is 19.3 Å². The van der Waals surface area contributed by atoms with Crippen LogP contribution in [0.2, 0.25) is 0 Å². The summed E-state index contributed by atoms with van der Waals surface area (Å²) in [5.41, 5.74) is 0. The number of carbonyl (C=O) groups is 1. The standard InChI is InChI=1S/C12H19NO2/c1-3-7-13-11(12(14)15)10-6-4-5-9(2)8-10/h1,9-11,13H,4-8H2,2H3,(H,14,15). The fourth-order valence-electron chi connectivity index (χ4n) is 2.41. The highest BCUT2D eigenvalue weighted by Gasteiger charge is 2.30.